The lowest BCUT2D eigenvalue weighted by Crippen LogP contribution is -2.14. The minimum Gasteiger partial charge on any atom is -0.399 e. The van der Waals surface area contributed by atoms with E-state index in [1.54, 1.807) is 6.92 Å². The van der Waals surface area contributed by atoms with Gasteiger partial charge in [0.15, 0.2) is 0 Å². The van der Waals surface area contributed by atoms with Gasteiger partial charge < -0.3 is 5.73 Å². The molecule has 0 bridgehead atoms. The summed E-state index contributed by atoms with van der Waals surface area (Å²) in [6.45, 7) is 1.59. The zero-order valence-corrected chi connectivity index (χ0v) is 14.0. The zero-order chi connectivity index (χ0) is 15.8. The molecule has 0 radical (unpaired) electrons. The Morgan fingerprint density at radius 3 is 2.62 bits per heavy atom. The number of rotatable bonds is 3. The van der Waals surface area contributed by atoms with Crippen molar-refractivity contribution in [2.45, 2.75) is 11.8 Å². The highest BCUT2D eigenvalue weighted by Crippen LogP contribution is 2.29. The van der Waals surface area contributed by atoms with Crippen molar-refractivity contribution >= 4 is 48.9 Å². The van der Waals surface area contributed by atoms with Gasteiger partial charge in [-0.3, -0.25) is 4.72 Å². The summed E-state index contributed by atoms with van der Waals surface area (Å²) in [5, 5.41) is 0.0514. The normalized spacial score (nSPS) is 11.4. The average molecular weight is 394 g/mol. The Labute approximate surface area is 135 Å². The maximum absolute atomic E-state index is 13.4. The highest BCUT2D eigenvalue weighted by molar-refractivity contribution is 9.10. The number of halogens is 3. The highest BCUT2D eigenvalue weighted by Gasteiger charge is 2.20. The van der Waals surface area contributed by atoms with Gasteiger partial charge in [-0.15, -0.1) is 0 Å². The van der Waals surface area contributed by atoms with Crippen LogP contribution >= 0.6 is 27.5 Å². The maximum atomic E-state index is 13.4. The van der Waals surface area contributed by atoms with Crippen molar-refractivity contribution in [3.05, 3.63) is 51.2 Å². The molecule has 0 fully saturated rings. The SMILES string of the molecule is Cc1cc(F)c(Br)cc1NS(=O)(=O)c1cc(N)ccc1Cl. The van der Waals surface area contributed by atoms with Gasteiger partial charge in [0.05, 0.1) is 15.2 Å². The van der Waals surface area contributed by atoms with Crippen molar-refractivity contribution in [1.29, 1.82) is 0 Å². The van der Waals surface area contributed by atoms with Crippen LogP contribution < -0.4 is 10.5 Å². The van der Waals surface area contributed by atoms with Crippen LogP contribution in [0, 0.1) is 12.7 Å². The molecule has 0 saturated heterocycles. The van der Waals surface area contributed by atoms with E-state index >= 15 is 0 Å². The molecule has 21 heavy (non-hydrogen) atoms. The Hall–Kier alpha value is -1.31. The van der Waals surface area contributed by atoms with Crippen LogP contribution in [0.25, 0.3) is 0 Å². The molecule has 0 saturated carbocycles. The number of anilines is 2. The predicted molar refractivity (Wildman–Crippen MR) is 85.5 cm³/mol. The first-order chi connectivity index (χ1) is 9.70. The summed E-state index contributed by atoms with van der Waals surface area (Å²) in [7, 11) is -3.92. The third kappa shape index (κ3) is 3.48. The van der Waals surface area contributed by atoms with Gasteiger partial charge in [-0.1, -0.05) is 11.6 Å². The van der Waals surface area contributed by atoms with Gasteiger partial charge >= 0.3 is 0 Å². The lowest BCUT2D eigenvalue weighted by atomic mass is 10.2. The van der Waals surface area contributed by atoms with Crippen molar-refractivity contribution in [3.63, 3.8) is 0 Å². The average Bonchev–Trinajstić information content (AvgIpc) is 2.38. The number of hydrogen-bond donors (Lipinski definition) is 2. The molecule has 0 heterocycles. The number of nitrogen functional groups attached to an aromatic ring is 1. The first-order valence-corrected chi connectivity index (χ1v) is 8.39. The van der Waals surface area contributed by atoms with Crippen molar-refractivity contribution < 1.29 is 12.8 Å². The number of sulfonamides is 1. The molecule has 2 rings (SSSR count). The van der Waals surface area contributed by atoms with E-state index in [2.05, 4.69) is 20.7 Å². The van der Waals surface area contributed by atoms with Gasteiger partial charge in [-0.05, 0) is 58.7 Å². The molecule has 0 amide bonds. The van der Waals surface area contributed by atoms with E-state index in [1.165, 1.54) is 30.3 Å². The third-order valence-electron chi connectivity index (χ3n) is 2.76. The fourth-order valence-electron chi connectivity index (χ4n) is 1.68. The Kier molecular flexibility index (Phi) is 4.46. The fourth-order valence-corrected chi connectivity index (χ4v) is 3.68. The van der Waals surface area contributed by atoms with Crippen LogP contribution in [0.3, 0.4) is 0 Å². The van der Waals surface area contributed by atoms with Crippen molar-refractivity contribution in [3.8, 4) is 0 Å². The van der Waals surface area contributed by atoms with Crippen LogP contribution in [-0.2, 0) is 10.0 Å². The number of hydrogen-bond acceptors (Lipinski definition) is 3. The second kappa shape index (κ2) is 5.82. The number of nitrogens with two attached hydrogens (primary N) is 1. The summed E-state index contributed by atoms with van der Waals surface area (Å²) < 4.78 is 40.6. The van der Waals surface area contributed by atoms with E-state index in [9.17, 15) is 12.8 Å². The van der Waals surface area contributed by atoms with Gasteiger partial charge in [-0.2, -0.15) is 0 Å². The van der Waals surface area contributed by atoms with Crippen molar-refractivity contribution in [2.75, 3.05) is 10.5 Å². The molecular formula is C13H11BrClFN2O2S. The molecule has 0 aliphatic carbocycles. The standard InChI is InChI=1S/C13H11BrClFN2O2S/c1-7-4-11(16)9(14)6-12(7)18-21(19,20)13-5-8(17)2-3-10(13)15/h2-6,18H,17H2,1H3. The van der Waals surface area contributed by atoms with E-state index in [0.717, 1.165) is 0 Å². The summed E-state index contributed by atoms with van der Waals surface area (Å²) in [4.78, 5) is -0.135. The van der Waals surface area contributed by atoms with Crippen LogP contribution in [0.4, 0.5) is 15.8 Å². The van der Waals surface area contributed by atoms with Gasteiger partial charge in [0.2, 0.25) is 0 Å². The van der Waals surface area contributed by atoms with Crippen LogP contribution in [0.2, 0.25) is 5.02 Å². The molecule has 2 aromatic rings. The summed E-state index contributed by atoms with van der Waals surface area (Å²) in [6, 6.07) is 6.74. The summed E-state index contributed by atoms with van der Waals surface area (Å²) in [6.07, 6.45) is 0. The van der Waals surface area contributed by atoms with Crippen LogP contribution in [0.1, 0.15) is 5.56 Å². The van der Waals surface area contributed by atoms with Gasteiger partial charge in [0.25, 0.3) is 10.0 Å². The molecule has 8 heteroatoms. The Morgan fingerprint density at radius 2 is 1.95 bits per heavy atom. The van der Waals surface area contributed by atoms with E-state index < -0.39 is 15.8 Å². The molecule has 0 aromatic heterocycles. The van der Waals surface area contributed by atoms with Gasteiger partial charge in [-0.25, -0.2) is 12.8 Å². The zero-order valence-electron chi connectivity index (χ0n) is 10.8. The summed E-state index contributed by atoms with van der Waals surface area (Å²) >= 11 is 8.91. The lowest BCUT2D eigenvalue weighted by molar-refractivity contribution is 0.601. The topological polar surface area (TPSA) is 72.2 Å². The van der Waals surface area contributed by atoms with Gasteiger partial charge in [0.1, 0.15) is 10.7 Å². The number of nitrogens with one attached hydrogen (secondary N) is 1. The third-order valence-corrected chi connectivity index (χ3v) is 5.21. The largest absolute Gasteiger partial charge is 0.399 e. The van der Waals surface area contributed by atoms with Gasteiger partial charge in [0, 0.05) is 5.69 Å². The lowest BCUT2D eigenvalue weighted by Gasteiger charge is -2.13. The first kappa shape index (κ1) is 16.1. The van der Waals surface area contributed by atoms with E-state index in [-0.39, 0.29) is 25.8 Å². The molecule has 0 atom stereocenters. The highest BCUT2D eigenvalue weighted by atomic mass is 79.9. The minimum atomic E-state index is -3.92. The van der Waals surface area contributed by atoms with Crippen LogP contribution in [-0.4, -0.2) is 8.42 Å². The second-order valence-electron chi connectivity index (χ2n) is 4.38. The molecule has 0 aliphatic heterocycles. The molecule has 0 unspecified atom stereocenters. The fraction of sp³-hybridized carbons (Fsp3) is 0.0769. The van der Waals surface area contributed by atoms with Crippen molar-refractivity contribution in [1.82, 2.24) is 0 Å². The molecule has 2 aromatic carbocycles. The summed E-state index contributed by atoms with van der Waals surface area (Å²) in [5.74, 6) is -0.475. The smallest absolute Gasteiger partial charge is 0.263 e. The second-order valence-corrected chi connectivity index (χ2v) is 7.29. The molecular weight excluding hydrogens is 383 g/mol. The monoisotopic (exact) mass is 392 g/mol. The van der Waals surface area contributed by atoms with E-state index in [0.29, 0.717) is 5.56 Å². The summed E-state index contributed by atoms with van der Waals surface area (Å²) in [5.41, 5.74) is 6.55. The van der Waals surface area contributed by atoms with Crippen LogP contribution in [0.5, 0.6) is 0 Å². The minimum absolute atomic E-state index is 0.0514. The Balaban J connectivity index is 2.47. The van der Waals surface area contributed by atoms with Crippen molar-refractivity contribution in [2.24, 2.45) is 0 Å². The van der Waals surface area contributed by atoms with E-state index in [4.69, 9.17) is 17.3 Å². The molecule has 112 valence electrons. The predicted octanol–water partition coefficient (Wildman–Crippen LogP) is 3.93. The molecule has 4 nitrogen and oxygen atoms in total. The molecule has 0 aliphatic rings. The quantitative estimate of drug-likeness (QED) is 0.776. The maximum Gasteiger partial charge on any atom is 0.263 e. The van der Waals surface area contributed by atoms with E-state index in [1.807, 2.05) is 0 Å². The number of benzene rings is 2. The number of aryl methyl sites for hydroxylation is 1. The van der Waals surface area contributed by atoms with Crippen LogP contribution in [0.15, 0.2) is 39.7 Å². The first-order valence-electron chi connectivity index (χ1n) is 5.74. The Morgan fingerprint density at radius 1 is 1.29 bits per heavy atom. The molecule has 0 spiro atoms. The Bertz CT molecular complexity index is 812. The molecule has 3 N–H and O–H groups in total.